The average Bonchev–Trinajstić information content (AvgIpc) is 3.03. The Balaban J connectivity index is 2.03. The first kappa shape index (κ1) is 15.8. The van der Waals surface area contributed by atoms with Gasteiger partial charge in [-0.25, -0.2) is 9.78 Å². The molecule has 2 rings (SSSR count). The minimum atomic E-state index is -0.493. The number of anilines is 2. The van der Waals surface area contributed by atoms with E-state index in [0.717, 1.165) is 24.3 Å². The molecule has 114 valence electrons. The molecule has 2 heterocycles. The number of carbonyl (C=O) groups is 1. The molecule has 0 aliphatic rings. The van der Waals surface area contributed by atoms with Gasteiger partial charge >= 0.3 is 5.97 Å². The number of aromatic nitrogens is 3. The number of nitrogens with zero attached hydrogens (tertiary/aromatic N) is 3. The fourth-order valence-electron chi connectivity index (χ4n) is 1.63. The zero-order chi connectivity index (χ0) is 15.4. The molecule has 0 spiro atoms. The van der Waals surface area contributed by atoms with E-state index < -0.39 is 5.97 Å². The van der Waals surface area contributed by atoms with E-state index in [2.05, 4.69) is 34.0 Å². The Morgan fingerprint density at radius 2 is 2.33 bits per heavy atom. The van der Waals surface area contributed by atoms with Crippen molar-refractivity contribution in [2.24, 2.45) is 5.92 Å². The molecule has 0 atom stereocenters. The highest BCUT2D eigenvalue weighted by Gasteiger charge is 2.17. The van der Waals surface area contributed by atoms with Gasteiger partial charge in [0.05, 0.1) is 7.11 Å². The number of hydrogen-bond acceptors (Lipinski definition) is 6. The Morgan fingerprint density at radius 3 is 3.00 bits per heavy atom. The number of esters is 1. The maximum absolute atomic E-state index is 11.5. The zero-order valence-corrected chi connectivity index (χ0v) is 13.7. The number of nitrogens with one attached hydrogen (secondary N) is 1. The first-order valence-corrected chi connectivity index (χ1v) is 7.74. The quantitative estimate of drug-likeness (QED) is 0.821. The largest absolute Gasteiger partial charge is 0.465 e. The molecule has 0 aromatic carbocycles. The maximum atomic E-state index is 11.5. The summed E-state index contributed by atoms with van der Waals surface area (Å²) in [4.78, 5) is 15.8. The van der Waals surface area contributed by atoms with Crippen LogP contribution in [0.1, 0.15) is 29.9 Å². The number of hydrogen-bond donors (Lipinski definition) is 1. The van der Waals surface area contributed by atoms with Gasteiger partial charge in [0.25, 0.3) is 0 Å². The number of methoxy groups -OCH3 is 1. The van der Waals surface area contributed by atoms with Crippen molar-refractivity contribution in [1.29, 1.82) is 0 Å². The third-order valence-electron chi connectivity index (χ3n) is 2.77. The van der Waals surface area contributed by atoms with E-state index in [9.17, 15) is 4.79 Å². The summed E-state index contributed by atoms with van der Waals surface area (Å²) in [6, 6.07) is 1.85. The summed E-state index contributed by atoms with van der Waals surface area (Å²) < 4.78 is 6.51. The Morgan fingerprint density at radius 1 is 1.57 bits per heavy atom. The second-order valence-corrected chi connectivity index (χ2v) is 6.26. The van der Waals surface area contributed by atoms with Gasteiger partial charge < -0.3 is 10.1 Å². The second kappa shape index (κ2) is 6.91. The van der Waals surface area contributed by atoms with Crippen LogP contribution in [0, 0.1) is 5.92 Å². The van der Waals surface area contributed by atoms with Crippen molar-refractivity contribution < 1.29 is 9.53 Å². The summed E-state index contributed by atoms with van der Waals surface area (Å²) in [5.74, 6) is 0.805. The van der Waals surface area contributed by atoms with Crippen LogP contribution in [0.15, 0.2) is 12.3 Å². The summed E-state index contributed by atoms with van der Waals surface area (Å²) in [5, 5.41) is 8.07. The maximum Gasteiger partial charge on any atom is 0.351 e. The Labute approximate surface area is 132 Å². The Bertz CT molecular complexity index is 623. The highest BCUT2D eigenvalue weighted by atomic mass is 35.5. The predicted molar refractivity (Wildman–Crippen MR) is 83.4 cm³/mol. The number of halogens is 1. The molecule has 0 radical (unpaired) electrons. The van der Waals surface area contributed by atoms with Crippen molar-refractivity contribution in [3.8, 4) is 0 Å². The van der Waals surface area contributed by atoms with Crippen LogP contribution in [-0.4, -0.2) is 27.8 Å². The van der Waals surface area contributed by atoms with Crippen molar-refractivity contribution in [3.05, 3.63) is 22.3 Å². The van der Waals surface area contributed by atoms with Crippen molar-refractivity contribution in [3.63, 3.8) is 0 Å². The normalized spacial score (nSPS) is 10.9. The molecule has 0 unspecified atom stereocenters. The monoisotopic (exact) mass is 328 g/mol. The molecule has 0 saturated heterocycles. The first-order valence-electron chi connectivity index (χ1n) is 6.54. The number of ether oxygens (including phenoxy) is 1. The summed E-state index contributed by atoms with van der Waals surface area (Å²) in [5.41, 5.74) is 0. The van der Waals surface area contributed by atoms with E-state index in [-0.39, 0.29) is 10.0 Å². The van der Waals surface area contributed by atoms with E-state index in [1.807, 2.05) is 16.9 Å². The summed E-state index contributed by atoms with van der Waals surface area (Å²) >= 11 is 7.04. The lowest BCUT2D eigenvalue weighted by Crippen LogP contribution is -2.02. The van der Waals surface area contributed by atoms with Crippen LogP contribution >= 0.6 is 22.9 Å². The number of rotatable bonds is 6. The van der Waals surface area contributed by atoms with Crippen LogP contribution in [0.25, 0.3) is 0 Å². The van der Waals surface area contributed by atoms with Gasteiger partial charge in [0, 0.05) is 18.8 Å². The van der Waals surface area contributed by atoms with Crippen LogP contribution in [0.3, 0.4) is 0 Å². The number of carbonyl (C=O) groups excluding carboxylic acids is 1. The number of thiazole rings is 1. The van der Waals surface area contributed by atoms with Crippen molar-refractivity contribution in [1.82, 2.24) is 14.8 Å². The number of aryl methyl sites for hydroxylation is 1. The van der Waals surface area contributed by atoms with Crippen molar-refractivity contribution in [2.45, 2.75) is 26.8 Å². The van der Waals surface area contributed by atoms with Gasteiger partial charge in [0.15, 0.2) is 21.0 Å². The van der Waals surface area contributed by atoms with Gasteiger partial charge in [-0.05, 0) is 12.3 Å². The molecule has 2 aromatic heterocycles. The average molecular weight is 329 g/mol. The van der Waals surface area contributed by atoms with Gasteiger partial charge in [-0.3, -0.25) is 4.68 Å². The molecule has 0 bridgehead atoms. The molecule has 0 amide bonds. The molecular weight excluding hydrogens is 312 g/mol. The molecule has 6 nitrogen and oxygen atoms in total. The highest BCUT2D eigenvalue weighted by molar-refractivity contribution is 7.18. The van der Waals surface area contributed by atoms with Gasteiger partial charge in [-0.15, -0.1) is 0 Å². The van der Waals surface area contributed by atoms with Gasteiger partial charge in [0.1, 0.15) is 0 Å². The molecule has 0 aliphatic heterocycles. The van der Waals surface area contributed by atoms with Gasteiger partial charge in [-0.2, -0.15) is 5.10 Å². The topological polar surface area (TPSA) is 69.0 Å². The molecule has 2 aromatic rings. The van der Waals surface area contributed by atoms with E-state index >= 15 is 0 Å². The molecular formula is C13H17ClN4O2S. The predicted octanol–water partition coefficient (Wildman–Crippen LogP) is 3.57. The van der Waals surface area contributed by atoms with E-state index in [0.29, 0.717) is 16.9 Å². The van der Waals surface area contributed by atoms with Crippen LogP contribution in [-0.2, 0) is 11.3 Å². The van der Waals surface area contributed by atoms with Crippen LogP contribution in [0.2, 0.25) is 5.15 Å². The first-order chi connectivity index (χ1) is 9.99. The minimum absolute atomic E-state index is 0.133. The SMILES string of the molecule is COC(=O)c1sc(Nc2ccn(CCC(C)C)n2)nc1Cl. The third kappa shape index (κ3) is 4.18. The lowest BCUT2D eigenvalue weighted by molar-refractivity contribution is 0.0606. The zero-order valence-electron chi connectivity index (χ0n) is 12.1. The van der Waals surface area contributed by atoms with E-state index in [1.165, 1.54) is 7.11 Å². The third-order valence-corrected chi connectivity index (χ3v) is 4.10. The summed E-state index contributed by atoms with van der Waals surface area (Å²) in [7, 11) is 1.31. The molecule has 0 aliphatic carbocycles. The molecule has 0 fully saturated rings. The smallest absolute Gasteiger partial charge is 0.351 e. The van der Waals surface area contributed by atoms with E-state index in [4.69, 9.17) is 11.6 Å². The van der Waals surface area contributed by atoms with Gasteiger partial charge in [0.2, 0.25) is 0 Å². The molecule has 21 heavy (non-hydrogen) atoms. The van der Waals surface area contributed by atoms with Gasteiger partial charge in [-0.1, -0.05) is 36.8 Å². The standard InChI is InChI=1S/C13H17ClN4O2S/c1-8(2)4-6-18-7-5-9(17-18)15-13-16-11(14)10(21-13)12(19)20-3/h5,7-8H,4,6H2,1-3H3,(H,15,16,17). The Kier molecular flexibility index (Phi) is 5.19. The fourth-order valence-corrected chi connectivity index (χ4v) is 2.74. The van der Waals surface area contributed by atoms with Crippen LogP contribution in [0.5, 0.6) is 0 Å². The minimum Gasteiger partial charge on any atom is -0.465 e. The molecule has 1 N–H and O–H groups in total. The van der Waals surface area contributed by atoms with Crippen molar-refractivity contribution >= 4 is 39.9 Å². The van der Waals surface area contributed by atoms with Crippen LogP contribution in [0.4, 0.5) is 10.9 Å². The summed E-state index contributed by atoms with van der Waals surface area (Å²) in [6.45, 7) is 5.22. The molecule has 8 heteroatoms. The summed E-state index contributed by atoms with van der Waals surface area (Å²) in [6.07, 6.45) is 2.97. The lowest BCUT2D eigenvalue weighted by Gasteiger charge is -2.04. The Hall–Kier alpha value is -1.60. The van der Waals surface area contributed by atoms with Crippen molar-refractivity contribution in [2.75, 3.05) is 12.4 Å². The second-order valence-electron chi connectivity index (χ2n) is 4.90. The van der Waals surface area contributed by atoms with Crippen LogP contribution < -0.4 is 5.32 Å². The van der Waals surface area contributed by atoms with E-state index in [1.54, 1.807) is 0 Å². The highest BCUT2D eigenvalue weighted by Crippen LogP contribution is 2.29. The molecule has 0 saturated carbocycles. The fraction of sp³-hybridized carbons (Fsp3) is 0.462. The lowest BCUT2D eigenvalue weighted by atomic mass is 10.1.